The number of hydrogen-bond donors (Lipinski definition) is 2. The number of amides is 1. The molecule has 2 aromatic rings. The van der Waals surface area contributed by atoms with Crippen molar-refractivity contribution in [1.29, 1.82) is 0 Å². The molecule has 2 unspecified atom stereocenters. The van der Waals surface area contributed by atoms with Crippen LogP contribution in [0, 0.1) is 6.92 Å². The van der Waals surface area contributed by atoms with E-state index in [-0.39, 0.29) is 19.1 Å². The zero-order valence-corrected chi connectivity index (χ0v) is 17.7. The summed E-state index contributed by atoms with van der Waals surface area (Å²) in [5.74, 6) is 1.40. The zero-order chi connectivity index (χ0) is 21.4. The first-order valence-corrected chi connectivity index (χ1v) is 9.45. The van der Waals surface area contributed by atoms with E-state index in [1.54, 1.807) is 37.3 Å². The van der Waals surface area contributed by atoms with Crippen LogP contribution in [0.2, 0.25) is 5.02 Å². The topological polar surface area (TPSA) is 86.3 Å². The lowest BCUT2D eigenvalue weighted by Crippen LogP contribution is -2.41. The largest absolute Gasteiger partial charge is 0.493 e. The third-order valence-electron chi connectivity index (χ3n) is 4.07. The molecule has 2 rings (SSSR count). The molecular formula is C21H26ClNO6. The molecule has 2 N–H and O–H groups in total. The molecule has 0 aromatic heterocycles. The normalized spacial score (nSPS) is 12.6. The van der Waals surface area contributed by atoms with Gasteiger partial charge in [-0.1, -0.05) is 23.7 Å². The summed E-state index contributed by atoms with van der Waals surface area (Å²) in [4.78, 5) is 12.3. The molecule has 0 heterocycles. The van der Waals surface area contributed by atoms with E-state index in [4.69, 9.17) is 30.5 Å². The quantitative estimate of drug-likeness (QED) is 0.611. The number of nitrogens with one attached hydrogen (secondary N) is 1. The van der Waals surface area contributed by atoms with Gasteiger partial charge in [-0.25, -0.2) is 0 Å². The Morgan fingerprint density at radius 2 is 1.79 bits per heavy atom. The maximum Gasteiger partial charge on any atom is 0.260 e. The number of hydrogen-bond acceptors (Lipinski definition) is 6. The standard InChI is InChI=1S/C21H26ClNO6/c1-13-8-9-16(22)19(10-13)29-14(2)21(25)23-11-15(24)12-28-20-17(26-3)6-5-7-18(20)27-4/h5-10,14-15,24H,11-12H2,1-4H3,(H,23,25). The van der Waals surface area contributed by atoms with E-state index in [9.17, 15) is 9.90 Å². The second-order valence-corrected chi connectivity index (χ2v) is 6.80. The summed E-state index contributed by atoms with van der Waals surface area (Å²) >= 11 is 6.09. The van der Waals surface area contributed by atoms with Gasteiger partial charge >= 0.3 is 0 Å². The maximum absolute atomic E-state index is 12.3. The minimum absolute atomic E-state index is 0.00839. The van der Waals surface area contributed by atoms with Gasteiger partial charge in [0.15, 0.2) is 17.6 Å². The van der Waals surface area contributed by atoms with Gasteiger partial charge in [0.1, 0.15) is 18.5 Å². The fourth-order valence-electron chi connectivity index (χ4n) is 2.50. The van der Waals surface area contributed by atoms with Gasteiger partial charge in [0, 0.05) is 6.54 Å². The predicted octanol–water partition coefficient (Wildman–Crippen LogP) is 2.99. The van der Waals surface area contributed by atoms with Gasteiger partial charge in [0.2, 0.25) is 5.75 Å². The third-order valence-corrected chi connectivity index (χ3v) is 4.39. The van der Waals surface area contributed by atoms with Crippen molar-refractivity contribution >= 4 is 17.5 Å². The van der Waals surface area contributed by atoms with Crippen molar-refractivity contribution in [3.05, 3.63) is 47.0 Å². The van der Waals surface area contributed by atoms with Crippen LogP contribution in [0.4, 0.5) is 0 Å². The van der Waals surface area contributed by atoms with Crippen LogP contribution < -0.4 is 24.3 Å². The molecule has 0 bridgehead atoms. The minimum atomic E-state index is -0.941. The first-order chi connectivity index (χ1) is 13.8. The average Bonchev–Trinajstić information content (AvgIpc) is 2.72. The van der Waals surface area contributed by atoms with Gasteiger partial charge in [-0.2, -0.15) is 0 Å². The predicted molar refractivity (Wildman–Crippen MR) is 110 cm³/mol. The molecule has 0 aliphatic carbocycles. The Balaban J connectivity index is 1.85. The first-order valence-electron chi connectivity index (χ1n) is 9.08. The molecule has 1 amide bonds. The maximum atomic E-state index is 12.3. The number of methoxy groups -OCH3 is 2. The third kappa shape index (κ3) is 6.44. The van der Waals surface area contributed by atoms with E-state index >= 15 is 0 Å². The molecule has 0 aliphatic heterocycles. The monoisotopic (exact) mass is 423 g/mol. The second-order valence-electron chi connectivity index (χ2n) is 6.40. The van der Waals surface area contributed by atoms with E-state index in [1.807, 2.05) is 13.0 Å². The van der Waals surface area contributed by atoms with Gasteiger partial charge < -0.3 is 29.4 Å². The van der Waals surface area contributed by atoms with Gasteiger partial charge in [0.25, 0.3) is 5.91 Å². The lowest BCUT2D eigenvalue weighted by atomic mass is 10.2. The highest BCUT2D eigenvalue weighted by atomic mass is 35.5. The molecule has 2 atom stereocenters. The molecule has 0 radical (unpaired) electrons. The number of carbonyl (C=O) groups excluding carboxylic acids is 1. The Labute approximate surface area is 175 Å². The van der Waals surface area contributed by atoms with E-state index in [0.29, 0.717) is 28.0 Å². The van der Waals surface area contributed by atoms with E-state index in [0.717, 1.165) is 5.56 Å². The summed E-state index contributed by atoms with van der Waals surface area (Å²) in [6.07, 6.45) is -1.72. The summed E-state index contributed by atoms with van der Waals surface area (Å²) in [6.45, 7) is 3.44. The number of carbonyl (C=O) groups is 1. The zero-order valence-electron chi connectivity index (χ0n) is 16.9. The fourth-order valence-corrected chi connectivity index (χ4v) is 2.67. The van der Waals surface area contributed by atoms with Crippen molar-refractivity contribution in [3.63, 3.8) is 0 Å². The number of para-hydroxylation sites is 1. The molecule has 0 fully saturated rings. The fraction of sp³-hybridized carbons (Fsp3) is 0.381. The van der Waals surface area contributed by atoms with Crippen LogP contribution in [-0.2, 0) is 4.79 Å². The molecule has 8 heteroatoms. The first kappa shape index (κ1) is 22.6. The number of halogens is 1. The van der Waals surface area contributed by atoms with Crippen LogP contribution in [-0.4, -0.2) is 50.6 Å². The Bertz CT molecular complexity index is 807. The molecule has 29 heavy (non-hydrogen) atoms. The molecular weight excluding hydrogens is 398 g/mol. The molecule has 0 spiro atoms. The van der Waals surface area contributed by atoms with Gasteiger partial charge in [-0.05, 0) is 43.7 Å². The summed E-state index contributed by atoms with van der Waals surface area (Å²) < 4.78 is 21.7. The van der Waals surface area contributed by atoms with Crippen LogP contribution in [0.1, 0.15) is 12.5 Å². The number of ether oxygens (including phenoxy) is 4. The van der Waals surface area contributed by atoms with Crippen LogP contribution in [0.5, 0.6) is 23.0 Å². The van der Waals surface area contributed by atoms with Crippen LogP contribution in [0.15, 0.2) is 36.4 Å². The van der Waals surface area contributed by atoms with E-state index in [1.165, 1.54) is 14.2 Å². The van der Waals surface area contributed by atoms with Crippen LogP contribution >= 0.6 is 11.6 Å². The molecule has 2 aromatic carbocycles. The second kappa shape index (κ2) is 10.8. The van der Waals surface area contributed by atoms with Crippen molar-refractivity contribution in [3.8, 4) is 23.0 Å². The Kier molecular flexibility index (Phi) is 8.42. The number of benzene rings is 2. The lowest BCUT2D eigenvalue weighted by molar-refractivity contribution is -0.127. The van der Waals surface area contributed by atoms with Crippen molar-refractivity contribution < 1.29 is 28.8 Å². The van der Waals surface area contributed by atoms with E-state index < -0.39 is 12.2 Å². The molecule has 0 saturated carbocycles. The van der Waals surface area contributed by atoms with Crippen molar-refractivity contribution in [1.82, 2.24) is 5.32 Å². The highest BCUT2D eigenvalue weighted by Crippen LogP contribution is 2.36. The Morgan fingerprint density at radius 3 is 2.41 bits per heavy atom. The number of rotatable bonds is 10. The number of aliphatic hydroxyl groups is 1. The highest BCUT2D eigenvalue weighted by Gasteiger charge is 2.18. The SMILES string of the molecule is COc1cccc(OC)c1OCC(O)CNC(=O)C(C)Oc1cc(C)ccc1Cl. The van der Waals surface area contributed by atoms with Crippen molar-refractivity contribution in [2.75, 3.05) is 27.4 Å². The number of aryl methyl sites for hydroxylation is 1. The lowest BCUT2D eigenvalue weighted by Gasteiger charge is -2.19. The molecule has 158 valence electrons. The van der Waals surface area contributed by atoms with Crippen LogP contribution in [0.25, 0.3) is 0 Å². The Hall–Kier alpha value is -2.64. The summed E-state index contributed by atoms with van der Waals surface area (Å²) in [5.41, 5.74) is 0.969. The van der Waals surface area contributed by atoms with Crippen molar-refractivity contribution in [2.45, 2.75) is 26.1 Å². The molecule has 0 saturated heterocycles. The van der Waals surface area contributed by atoms with Gasteiger partial charge in [0.05, 0.1) is 19.2 Å². The molecule has 7 nitrogen and oxygen atoms in total. The van der Waals surface area contributed by atoms with Gasteiger partial charge in [-0.15, -0.1) is 0 Å². The molecule has 0 aliphatic rings. The average molecular weight is 424 g/mol. The smallest absolute Gasteiger partial charge is 0.260 e. The Morgan fingerprint density at radius 1 is 1.14 bits per heavy atom. The summed E-state index contributed by atoms with van der Waals surface area (Å²) in [6, 6.07) is 10.5. The minimum Gasteiger partial charge on any atom is -0.493 e. The van der Waals surface area contributed by atoms with Crippen molar-refractivity contribution in [2.24, 2.45) is 0 Å². The number of aliphatic hydroxyl groups excluding tert-OH is 1. The summed E-state index contributed by atoms with van der Waals surface area (Å²) in [7, 11) is 3.03. The van der Waals surface area contributed by atoms with Gasteiger partial charge in [-0.3, -0.25) is 4.79 Å². The van der Waals surface area contributed by atoms with E-state index in [2.05, 4.69) is 5.32 Å². The highest BCUT2D eigenvalue weighted by molar-refractivity contribution is 6.32. The summed E-state index contributed by atoms with van der Waals surface area (Å²) in [5, 5.41) is 13.2. The van der Waals surface area contributed by atoms with Crippen LogP contribution in [0.3, 0.4) is 0 Å².